The van der Waals surface area contributed by atoms with E-state index in [0.717, 1.165) is 12.1 Å². The minimum Gasteiger partial charge on any atom is -0.363 e. The molecule has 3 aromatic rings. The van der Waals surface area contributed by atoms with Crippen LogP contribution in [0.25, 0.3) is 11.3 Å². The highest BCUT2D eigenvalue weighted by Gasteiger charge is 2.14. The quantitative estimate of drug-likeness (QED) is 0.801. The second-order valence-electron chi connectivity index (χ2n) is 4.42. The van der Waals surface area contributed by atoms with Crippen LogP contribution in [-0.4, -0.2) is 16.2 Å². The second-order valence-corrected chi connectivity index (χ2v) is 4.42. The van der Waals surface area contributed by atoms with Gasteiger partial charge in [-0.3, -0.25) is 4.79 Å². The highest BCUT2D eigenvalue weighted by Crippen LogP contribution is 2.24. The molecule has 22 heavy (non-hydrogen) atoms. The average molecular weight is 305 g/mol. The van der Waals surface area contributed by atoms with E-state index >= 15 is 0 Å². The normalized spacial score (nSPS) is 10.6. The summed E-state index contributed by atoms with van der Waals surface area (Å²) >= 11 is 0. The Balaban J connectivity index is 1.72. The molecule has 3 rings (SSSR count). The summed E-state index contributed by atoms with van der Waals surface area (Å²) in [5.41, 5.74) is 0.372. The van der Waals surface area contributed by atoms with Crippen molar-refractivity contribution in [3.05, 3.63) is 53.9 Å². The third-order valence-corrected chi connectivity index (χ3v) is 2.80. The van der Waals surface area contributed by atoms with E-state index in [-0.39, 0.29) is 29.5 Å². The number of benzene rings is 1. The number of rotatable bonds is 4. The van der Waals surface area contributed by atoms with Gasteiger partial charge >= 0.3 is 0 Å². The molecule has 0 unspecified atom stereocenters. The van der Waals surface area contributed by atoms with Crippen molar-refractivity contribution in [2.45, 2.75) is 6.42 Å². The van der Waals surface area contributed by atoms with Crippen LogP contribution >= 0.6 is 0 Å². The molecular formula is C14H9F2N3O3. The van der Waals surface area contributed by atoms with Gasteiger partial charge in [0.1, 0.15) is 17.9 Å². The molecular weight excluding hydrogens is 296 g/mol. The molecule has 0 aliphatic heterocycles. The van der Waals surface area contributed by atoms with Crippen LogP contribution in [0.1, 0.15) is 5.69 Å². The number of amides is 1. The molecule has 0 saturated heterocycles. The van der Waals surface area contributed by atoms with E-state index in [2.05, 4.69) is 20.2 Å². The van der Waals surface area contributed by atoms with Crippen LogP contribution < -0.4 is 5.32 Å². The van der Waals surface area contributed by atoms with Crippen molar-refractivity contribution in [1.29, 1.82) is 0 Å². The maximum atomic E-state index is 13.6. The number of nitrogens with one attached hydrogen (secondary N) is 1. The first kappa shape index (κ1) is 13.9. The predicted molar refractivity (Wildman–Crippen MR) is 70.7 cm³/mol. The zero-order chi connectivity index (χ0) is 15.5. The first-order valence-corrected chi connectivity index (χ1v) is 6.23. The summed E-state index contributed by atoms with van der Waals surface area (Å²) in [6.07, 6.45) is 1.24. The Morgan fingerprint density at radius 2 is 2.05 bits per heavy atom. The fraction of sp³-hybridized carbons (Fsp3) is 0.0714. The largest absolute Gasteiger partial charge is 0.363 e. The van der Waals surface area contributed by atoms with Crippen molar-refractivity contribution in [2.75, 3.05) is 5.32 Å². The number of hydrogen-bond acceptors (Lipinski definition) is 5. The summed E-state index contributed by atoms with van der Waals surface area (Å²) in [5.74, 6) is -1.45. The summed E-state index contributed by atoms with van der Waals surface area (Å²) in [6.45, 7) is 0. The van der Waals surface area contributed by atoms with Crippen molar-refractivity contribution in [2.24, 2.45) is 0 Å². The van der Waals surface area contributed by atoms with Crippen molar-refractivity contribution in [3.63, 3.8) is 0 Å². The zero-order valence-electron chi connectivity index (χ0n) is 11.0. The first-order chi connectivity index (χ1) is 10.6. The third-order valence-electron chi connectivity index (χ3n) is 2.80. The highest BCUT2D eigenvalue weighted by molar-refractivity contribution is 5.91. The van der Waals surface area contributed by atoms with Crippen LogP contribution in [0.4, 0.5) is 14.6 Å². The molecule has 0 bridgehead atoms. The number of nitrogens with zero attached hydrogens (tertiary/aromatic N) is 2. The minimum atomic E-state index is -0.769. The lowest BCUT2D eigenvalue weighted by Gasteiger charge is -1.98. The molecule has 0 atom stereocenters. The van der Waals surface area contributed by atoms with Crippen LogP contribution in [0.3, 0.4) is 0 Å². The number of hydrogen-bond donors (Lipinski definition) is 1. The van der Waals surface area contributed by atoms with E-state index in [0.29, 0.717) is 5.69 Å². The third kappa shape index (κ3) is 3.00. The van der Waals surface area contributed by atoms with Gasteiger partial charge in [-0.2, -0.15) is 0 Å². The van der Waals surface area contributed by atoms with Crippen LogP contribution in [0.2, 0.25) is 0 Å². The standard InChI is InChI=1S/C14H9F2N3O3/c15-8-1-2-10(11(16)5-8)12-6-9(18-22-12)7-14(20)17-13-3-4-21-19-13/h1-6H,7H2,(H,17,19,20). The molecule has 2 aromatic heterocycles. The Morgan fingerprint density at radius 1 is 1.18 bits per heavy atom. The summed E-state index contributed by atoms with van der Waals surface area (Å²) in [4.78, 5) is 11.7. The van der Waals surface area contributed by atoms with Crippen LogP contribution in [0, 0.1) is 11.6 Å². The van der Waals surface area contributed by atoms with E-state index < -0.39 is 11.6 Å². The van der Waals surface area contributed by atoms with Crippen molar-refractivity contribution >= 4 is 11.7 Å². The minimum absolute atomic E-state index is 0.0667. The van der Waals surface area contributed by atoms with E-state index in [1.165, 1.54) is 24.5 Å². The van der Waals surface area contributed by atoms with Gasteiger partial charge in [-0.1, -0.05) is 10.3 Å². The number of anilines is 1. The summed E-state index contributed by atoms with van der Waals surface area (Å²) in [7, 11) is 0. The molecule has 112 valence electrons. The molecule has 1 aromatic carbocycles. The van der Waals surface area contributed by atoms with Gasteiger partial charge in [0.05, 0.1) is 17.7 Å². The highest BCUT2D eigenvalue weighted by atomic mass is 19.1. The van der Waals surface area contributed by atoms with Gasteiger partial charge in [-0.25, -0.2) is 8.78 Å². The lowest BCUT2D eigenvalue weighted by Crippen LogP contribution is -2.14. The predicted octanol–water partition coefficient (Wildman–Crippen LogP) is 2.79. The molecule has 0 radical (unpaired) electrons. The Hall–Kier alpha value is -3.03. The van der Waals surface area contributed by atoms with Gasteiger partial charge in [0, 0.05) is 18.2 Å². The molecule has 0 spiro atoms. The molecule has 0 saturated carbocycles. The van der Waals surface area contributed by atoms with Crippen molar-refractivity contribution in [1.82, 2.24) is 10.3 Å². The Bertz CT molecular complexity index is 800. The van der Waals surface area contributed by atoms with Gasteiger partial charge < -0.3 is 14.4 Å². The Kier molecular flexibility index (Phi) is 3.65. The lowest BCUT2D eigenvalue weighted by molar-refractivity contribution is -0.115. The molecule has 6 nitrogen and oxygen atoms in total. The van der Waals surface area contributed by atoms with Gasteiger partial charge in [-0.05, 0) is 12.1 Å². The monoisotopic (exact) mass is 305 g/mol. The molecule has 2 heterocycles. The van der Waals surface area contributed by atoms with Gasteiger partial charge in [-0.15, -0.1) is 0 Å². The molecule has 0 aliphatic rings. The molecule has 0 aliphatic carbocycles. The van der Waals surface area contributed by atoms with Gasteiger partial charge in [0.2, 0.25) is 5.91 Å². The maximum absolute atomic E-state index is 13.6. The first-order valence-electron chi connectivity index (χ1n) is 6.23. The summed E-state index contributed by atoms with van der Waals surface area (Å²) in [5, 5.41) is 9.71. The Labute approximate surface area is 122 Å². The smallest absolute Gasteiger partial charge is 0.231 e. The molecule has 8 heteroatoms. The number of halogens is 2. The topological polar surface area (TPSA) is 81.2 Å². The van der Waals surface area contributed by atoms with E-state index in [1.54, 1.807) is 0 Å². The van der Waals surface area contributed by atoms with E-state index in [9.17, 15) is 13.6 Å². The number of aromatic nitrogens is 2. The van der Waals surface area contributed by atoms with Crippen LogP contribution in [0.5, 0.6) is 0 Å². The lowest BCUT2D eigenvalue weighted by atomic mass is 10.1. The van der Waals surface area contributed by atoms with Crippen molar-refractivity contribution in [3.8, 4) is 11.3 Å². The maximum Gasteiger partial charge on any atom is 0.231 e. The molecule has 0 fully saturated rings. The fourth-order valence-corrected chi connectivity index (χ4v) is 1.84. The van der Waals surface area contributed by atoms with Crippen molar-refractivity contribution < 1.29 is 22.6 Å². The average Bonchev–Trinajstić information content (AvgIpc) is 3.10. The molecule has 1 amide bonds. The van der Waals surface area contributed by atoms with Gasteiger partial charge in [0.15, 0.2) is 11.6 Å². The SMILES string of the molecule is O=C(Cc1cc(-c2ccc(F)cc2F)on1)Nc1ccon1. The van der Waals surface area contributed by atoms with Gasteiger partial charge in [0.25, 0.3) is 0 Å². The van der Waals surface area contributed by atoms with E-state index in [4.69, 9.17) is 4.52 Å². The van der Waals surface area contributed by atoms with E-state index in [1.807, 2.05) is 0 Å². The number of carbonyl (C=O) groups is 1. The summed E-state index contributed by atoms with van der Waals surface area (Å²) in [6, 6.07) is 6.00. The summed E-state index contributed by atoms with van der Waals surface area (Å²) < 4.78 is 36.1. The Morgan fingerprint density at radius 3 is 2.77 bits per heavy atom. The fourth-order valence-electron chi connectivity index (χ4n) is 1.84. The van der Waals surface area contributed by atoms with Crippen LogP contribution in [-0.2, 0) is 11.2 Å². The zero-order valence-corrected chi connectivity index (χ0v) is 11.0. The number of carbonyl (C=O) groups excluding carboxylic acids is 1. The van der Waals surface area contributed by atoms with Crippen LogP contribution in [0.15, 0.2) is 45.6 Å². The second kappa shape index (κ2) is 5.76. The molecule has 1 N–H and O–H groups in total.